The Morgan fingerprint density at radius 3 is 2.58 bits per heavy atom. The van der Waals surface area contributed by atoms with Crippen LogP contribution in [0.2, 0.25) is 0 Å². The van der Waals surface area contributed by atoms with Crippen molar-refractivity contribution in [2.75, 3.05) is 7.11 Å². The summed E-state index contributed by atoms with van der Waals surface area (Å²) in [6, 6.07) is 14.0. The number of benzene rings is 2. The van der Waals surface area contributed by atoms with Gasteiger partial charge in [0.1, 0.15) is 22.8 Å². The lowest BCUT2D eigenvalue weighted by Crippen LogP contribution is -2.23. The summed E-state index contributed by atoms with van der Waals surface area (Å²) >= 11 is 0. The Balaban J connectivity index is 1.71. The second kappa shape index (κ2) is 8.47. The first-order chi connectivity index (χ1) is 15.0. The molecule has 0 atom stereocenters. The van der Waals surface area contributed by atoms with Crippen LogP contribution in [0.4, 0.5) is 13.2 Å². The first kappa shape index (κ1) is 20.4. The zero-order chi connectivity index (χ0) is 22.0. The van der Waals surface area contributed by atoms with Gasteiger partial charge in [0.15, 0.2) is 5.65 Å². The highest BCUT2D eigenvalue weighted by atomic mass is 19.3. The minimum absolute atomic E-state index is 0.00796. The first-order valence-electron chi connectivity index (χ1n) is 9.31. The van der Waals surface area contributed by atoms with Gasteiger partial charge in [0, 0.05) is 17.7 Å². The van der Waals surface area contributed by atoms with Crippen molar-refractivity contribution in [3.63, 3.8) is 0 Å². The molecule has 2 heterocycles. The predicted molar refractivity (Wildman–Crippen MR) is 108 cm³/mol. The average molecular weight is 426 g/mol. The van der Waals surface area contributed by atoms with E-state index in [1.807, 2.05) is 0 Å². The van der Waals surface area contributed by atoms with Crippen molar-refractivity contribution in [2.45, 2.75) is 13.0 Å². The van der Waals surface area contributed by atoms with E-state index < -0.39 is 23.8 Å². The fraction of sp³-hybridized carbons (Fsp3) is 0.136. The molecule has 6 nitrogen and oxygen atoms in total. The van der Waals surface area contributed by atoms with Crippen LogP contribution in [-0.2, 0) is 6.54 Å². The Hall–Kier alpha value is -3.88. The van der Waals surface area contributed by atoms with Crippen LogP contribution in [0.15, 0.2) is 60.8 Å². The number of carbonyl (C=O) groups is 1. The molecule has 1 amide bonds. The van der Waals surface area contributed by atoms with Gasteiger partial charge < -0.3 is 10.1 Å². The molecule has 0 bridgehead atoms. The number of hydrogen-bond donors (Lipinski definition) is 1. The first-order valence-corrected chi connectivity index (χ1v) is 9.31. The molecule has 4 aromatic rings. The number of fused-ring (bicyclic) bond motifs is 1. The molecular weight excluding hydrogens is 409 g/mol. The molecule has 0 aliphatic rings. The van der Waals surface area contributed by atoms with E-state index in [1.165, 1.54) is 25.4 Å². The molecule has 158 valence electrons. The molecule has 31 heavy (non-hydrogen) atoms. The largest absolute Gasteiger partial charge is 0.497 e. The van der Waals surface area contributed by atoms with E-state index in [0.717, 1.165) is 4.52 Å². The Morgan fingerprint density at radius 2 is 1.90 bits per heavy atom. The monoisotopic (exact) mass is 426 g/mol. The quantitative estimate of drug-likeness (QED) is 0.496. The van der Waals surface area contributed by atoms with E-state index in [1.54, 1.807) is 42.5 Å². The summed E-state index contributed by atoms with van der Waals surface area (Å²) in [4.78, 5) is 17.1. The Labute approximate surface area is 175 Å². The van der Waals surface area contributed by atoms with Gasteiger partial charge in [-0.1, -0.05) is 18.2 Å². The molecule has 1 N–H and O–H groups in total. The summed E-state index contributed by atoms with van der Waals surface area (Å²) in [6.07, 6.45) is -1.67. The third-order valence-corrected chi connectivity index (χ3v) is 4.75. The van der Waals surface area contributed by atoms with Gasteiger partial charge in [-0.3, -0.25) is 4.79 Å². The maximum Gasteiger partial charge on any atom is 0.280 e. The second-order valence-electron chi connectivity index (χ2n) is 6.66. The highest BCUT2D eigenvalue weighted by molar-refractivity contribution is 5.99. The van der Waals surface area contributed by atoms with Gasteiger partial charge in [0.25, 0.3) is 12.3 Å². The standard InChI is InChI=1S/C22H17F3N4O2/c1-31-15-8-6-13(7-9-15)18-10-19(20(24)25)29-21(28-18)16(12-27-29)22(30)26-11-14-4-2-3-5-17(14)23/h2-10,12,20H,11H2,1H3,(H,26,30). The maximum atomic E-state index is 13.8. The molecule has 0 unspecified atom stereocenters. The molecule has 0 fully saturated rings. The van der Waals surface area contributed by atoms with Crippen LogP contribution in [0.5, 0.6) is 5.75 Å². The van der Waals surface area contributed by atoms with Crippen molar-refractivity contribution in [2.24, 2.45) is 0 Å². The van der Waals surface area contributed by atoms with Gasteiger partial charge in [-0.15, -0.1) is 0 Å². The van der Waals surface area contributed by atoms with E-state index in [0.29, 0.717) is 16.9 Å². The number of nitrogens with zero attached hydrogens (tertiary/aromatic N) is 3. The molecule has 0 aliphatic heterocycles. The zero-order valence-corrected chi connectivity index (χ0v) is 16.3. The molecule has 0 aliphatic carbocycles. The third kappa shape index (κ3) is 4.07. The topological polar surface area (TPSA) is 68.5 Å². The lowest BCUT2D eigenvalue weighted by molar-refractivity contribution is 0.0951. The number of aromatic nitrogens is 3. The molecule has 9 heteroatoms. The molecule has 4 rings (SSSR count). The highest BCUT2D eigenvalue weighted by Crippen LogP contribution is 2.28. The number of nitrogens with one attached hydrogen (secondary N) is 1. The number of hydrogen-bond acceptors (Lipinski definition) is 4. The minimum Gasteiger partial charge on any atom is -0.497 e. The molecule has 0 saturated carbocycles. The fourth-order valence-electron chi connectivity index (χ4n) is 3.12. The Bertz CT molecular complexity index is 1240. The summed E-state index contributed by atoms with van der Waals surface area (Å²) in [7, 11) is 1.52. The van der Waals surface area contributed by atoms with Gasteiger partial charge in [-0.25, -0.2) is 22.7 Å². The van der Waals surface area contributed by atoms with Gasteiger partial charge >= 0.3 is 0 Å². The highest BCUT2D eigenvalue weighted by Gasteiger charge is 2.21. The molecule has 0 spiro atoms. The predicted octanol–water partition coefficient (Wildman–Crippen LogP) is 4.41. The third-order valence-electron chi connectivity index (χ3n) is 4.75. The van der Waals surface area contributed by atoms with Crippen LogP contribution in [0.25, 0.3) is 16.9 Å². The van der Waals surface area contributed by atoms with Crippen LogP contribution in [-0.4, -0.2) is 27.6 Å². The molecule has 2 aromatic carbocycles. The van der Waals surface area contributed by atoms with E-state index in [4.69, 9.17) is 4.74 Å². The SMILES string of the molecule is COc1ccc(-c2cc(C(F)F)n3ncc(C(=O)NCc4ccccc4F)c3n2)cc1. The number of methoxy groups -OCH3 is 1. The smallest absolute Gasteiger partial charge is 0.280 e. The maximum absolute atomic E-state index is 13.8. The number of carbonyl (C=O) groups excluding carboxylic acids is 1. The second-order valence-corrected chi connectivity index (χ2v) is 6.66. The Morgan fingerprint density at radius 1 is 1.16 bits per heavy atom. The van der Waals surface area contributed by atoms with Crippen LogP contribution in [0, 0.1) is 5.82 Å². The van der Waals surface area contributed by atoms with Gasteiger partial charge in [-0.05, 0) is 36.4 Å². The summed E-state index contributed by atoms with van der Waals surface area (Å²) in [5.41, 5.74) is 0.720. The number of amides is 1. The fourth-order valence-corrected chi connectivity index (χ4v) is 3.12. The molecule has 0 radical (unpaired) electrons. The van der Waals surface area contributed by atoms with E-state index in [-0.39, 0.29) is 23.4 Å². The molecule has 0 saturated heterocycles. The van der Waals surface area contributed by atoms with E-state index >= 15 is 0 Å². The molecular formula is C22H17F3N4O2. The van der Waals surface area contributed by atoms with Gasteiger partial charge in [0.2, 0.25) is 0 Å². The van der Waals surface area contributed by atoms with Gasteiger partial charge in [-0.2, -0.15) is 5.10 Å². The van der Waals surface area contributed by atoms with E-state index in [9.17, 15) is 18.0 Å². The van der Waals surface area contributed by atoms with Crippen molar-refractivity contribution in [3.05, 3.63) is 83.4 Å². The summed E-state index contributed by atoms with van der Waals surface area (Å²) in [5, 5.41) is 6.50. The van der Waals surface area contributed by atoms with Gasteiger partial charge in [0.05, 0.1) is 19.0 Å². The molecule has 2 aromatic heterocycles. The number of ether oxygens (including phenoxy) is 1. The van der Waals surface area contributed by atoms with E-state index in [2.05, 4.69) is 15.4 Å². The lowest BCUT2D eigenvalue weighted by Gasteiger charge is -2.09. The summed E-state index contributed by atoms with van der Waals surface area (Å²) in [5.74, 6) is -0.447. The number of halogens is 3. The van der Waals surface area contributed by atoms with Crippen LogP contribution >= 0.6 is 0 Å². The summed E-state index contributed by atoms with van der Waals surface area (Å²) in [6.45, 7) is -0.0667. The number of rotatable bonds is 6. The Kier molecular flexibility index (Phi) is 5.57. The number of alkyl halides is 2. The van der Waals surface area contributed by atoms with Crippen molar-refractivity contribution >= 4 is 11.6 Å². The minimum atomic E-state index is -2.84. The zero-order valence-electron chi connectivity index (χ0n) is 16.3. The van der Waals surface area contributed by atoms with Crippen LogP contribution < -0.4 is 10.1 Å². The summed E-state index contributed by atoms with van der Waals surface area (Å²) < 4.78 is 47.2. The lowest BCUT2D eigenvalue weighted by atomic mass is 10.1. The van der Waals surface area contributed by atoms with Crippen LogP contribution in [0.1, 0.15) is 28.0 Å². The average Bonchev–Trinajstić information content (AvgIpc) is 3.21. The van der Waals surface area contributed by atoms with Crippen molar-refractivity contribution < 1.29 is 22.7 Å². The normalized spacial score (nSPS) is 11.1. The van der Waals surface area contributed by atoms with Crippen molar-refractivity contribution in [1.29, 1.82) is 0 Å². The van der Waals surface area contributed by atoms with Crippen LogP contribution in [0.3, 0.4) is 0 Å². The van der Waals surface area contributed by atoms with Crippen molar-refractivity contribution in [1.82, 2.24) is 19.9 Å². The van der Waals surface area contributed by atoms with Crippen molar-refractivity contribution in [3.8, 4) is 17.0 Å².